The molecule has 1 saturated carbocycles. The highest BCUT2D eigenvalue weighted by atomic mass is 16.7. The van der Waals surface area contributed by atoms with Crippen LogP contribution in [0.15, 0.2) is 23.2 Å². The summed E-state index contributed by atoms with van der Waals surface area (Å²) in [6.45, 7) is 1.38. The van der Waals surface area contributed by atoms with Gasteiger partial charge in [-0.15, -0.1) is 0 Å². The van der Waals surface area contributed by atoms with Crippen LogP contribution in [0.3, 0.4) is 0 Å². The zero-order valence-electron chi connectivity index (χ0n) is 10.4. The molecule has 0 saturated heterocycles. The highest BCUT2D eigenvalue weighted by Crippen LogP contribution is 2.41. The number of hydrogen-bond donors (Lipinski definition) is 0. The van der Waals surface area contributed by atoms with Gasteiger partial charge in [-0.2, -0.15) is 0 Å². The van der Waals surface area contributed by atoms with Gasteiger partial charge in [-0.25, -0.2) is 0 Å². The number of rotatable bonds is 1. The van der Waals surface area contributed by atoms with Crippen LogP contribution < -0.4 is 9.47 Å². The summed E-state index contributed by atoms with van der Waals surface area (Å²) in [5.74, 6) is 3.03. The van der Waals surface area contributed by atoms with Crippen molar-refractivity contribution in [3.8, 4) is 11.5 Å². The average molecular weight is 243 g/mol. The first-order valence-corrected chi connectivity index (χ1v) is 6.85. The summed E-state index contributed by atoms with van der Waals surface area (Å²) in [5, 5.41) is 0. The summed E-state index contributed by atoms with van der Waals surface area (Å²) in [4.78, 5) is 4.75. The lowest BCUT2D eigenvalue weighted by atomic mass is 9.76. The first kappa shape index (κ1) is 10.4. The van der Waals surface area contributed by atoms with Gasteiger partial charge in [-0.3, -0.25) is 4.99 Å². The Morgan fingerprint density at radius 1 is 1.06 bits per heavy atom. The topological polar surface area (TPSA) is 30.8 Å². The van der Waals surface area contributed by atoms with Crippen LogP contribution in [-0.2, 0) is 0 Å². The van der Waals surface area contributed by atoms with Gasteiger partial charge >= 0.3 is 0 Å². The van der Waals surface area contributed by atoms with Crippen molar-refractivity contribution >= 4 is 5.71 Å². The Labute approximate surface area is 107 Å². The highest BCUT2D eigenvalue weighted by Gasteiger charge is 2.33. The second kappa shape index (κ2) is 4.01. The Hall–Kier alpha value is -1.51. The van der Waals surface area contributed by atoms with Gasteiger partial charge in [-0.1, -0.05) is 12.5 Å². The predicted molar refractivity (Wildman–Crippen MR) is 69.6 cm³/mol. The Morgan fingerprint density at radius 2 is 2.00 bits per heavy atom. The minimum atomic E-state index is 0.354. The molecule has 0 spiro atoms. The molecule has 3 nitrogen and oxygen atoms in total. The van der Waals surface area contributed by atoms with Gasteiger partial charge in [0.15, 0.2) is 11.5 Å². The van der Waals surface area contributed by atoms with E-state index in [0.29, 0.717) is 12.7 Å². The Bertz CT molecular complexity index is 509. The van der Waals surface area contributed by atoms with Crippen molar-refractivity contribution in [2.75, 3.05) is 13.3 Å². The van der Waals surface area contributed by atoms with Crippen LogP contribution in [0.25, 0.3) is 0 Å². The van der Waals surface area contributed by atoms with E-state index in [9.17, 15) is 0 Å². The SMILES string of the molecule is c1cc2c(cc1[C@H]1CCC[C@@H]3CCN=C31)OCO2. The molecule has 2 heterocycles. The van der Waals surface area contributed by atoms with Crippen molar-refractivity contribution in [1.29, 1.82) is 0 Å². The van der Waals surface area contributed by atoms with E-state index in [1.165, 1.54) is 37.0 Å². The third kappa shape index (κ3) is 1.53. The molecular formula is C15H17NO2. The number of benzene rings is 1. The fourth-order valence-electron chi connectivity index (χ4n) is 3.50. The first-order chi connectivity index (χ1) is 8.92. The van der Waals surface area contributed by atoms with Crippen molar-refractivity contribution in [3.63, 3.8) is 0 Å². The summed E-state index contributed by atoms with van der Waals surface area (Å²) in [5.41, 5.74) is 2.80. The summed E-state index contributed by atoms with van der Waals surface area (Å²) in [7, 11) is 0. The summed E-state index contributed by atoms with van der Waals surface area (Å²) in [6.07, 6.45) is 5.15. The fourth-order valence-corrected chi connectivity index (χ4v) is 3.50. The number of fused-ring (bicyclic) bond motifs is 2. The highest BCUT2D eigenvalue weighted by molar-refractivity contribution is 5.94. The Morgan fingerprint density at radius 3 is 3.00 bits per heavy atom. The van der Waals surface area contributed by atoms with Crippen LogP contribution in [0.2, 0.25) is 0 Å². The van der Waals surface area contributed by atoms with Crippen LogP contribution in [0, 0.1) is 5.92 Å². The molecule has 2 atom stereocenters. The molecule has 0 N–H and O–H groups in total. The van der Waals surface area contributed by atoms with Gasteiger partial charge in [0.25, 0.3) is 0 Å². The maximum atomic E-state index is 5.48. The van der Waals surface area contributed by atoms with Gasteiger partial charge in [0.2, 0.25) is 6.79 Å². The van der Waals surface area contributed by atoms with Gasteiger partial charge in [0.1, 0.15) is 0 Å². The maximum Gasteiger partial charge on any atom is 0.231 e. The summed E-state index contributed by atoms with van der Waals surface area (Å²) in [6, 6.07) is 6.37. The molecule has 3 heteroatoms. The standard InChI is InChI=1S/C15H17NO2/c1-2-10-6-7-16-15(10)12(3-1)11-4-5-13-14(8-11)18-9-17-13/h4-5,8,10,12H,1-3,6-7,9H2/t10-,12-/m1/s1. The molecule has 0 aromatic heterocycles. The third-order valence-corrected chi connectivity index (χ3v) is 4.39. The fraction of sp³-hybridized carbons (Fsp3) is 0.533. The van der Waals surface area contributed by atoms with E-state index in [2.05, 4.69) is 12.1 Å². The van der Waals surface area contributed by atoms with E-state index in [0.717, 1.165) is 24.0 Å². The molecule has 4 rings (SSSR count). The molecule has 1 fully saturated rings. The van der Waals surface area contributed by atoms with E-state index in [4.69, 9.17) is 14.5 Å². The summed E-state index contributed by atoms with van der Waals surface area (Å²) < 4.78 is 10.9. The predicted octanol–water partition coefficient (Wildman–Crippen LogP) is 3.14. The van der Waals surface area contributed by atoms with Crippen molar-refractivity contribution in [2.45, 2.75) is 31.6 Å². The van der Waals surface area contributed by atoms with Gasteiger partial charge in [0.05, 0.1) is 0 Å². The van der Waals surface area contributed by atoms with E-state index < -0.39 is 0 Å². The van der Waals surface area contributed by atoms with Gasteiger partial charge < -0.3 is 9.47 Å². The van der Waals surface area contributed by atoms with E-state index >= 15 is 0 Å². The lowest BCUT2D eigenvalue weighted by Gasteiger charge is -2.28. The lowest BCUT2D eigenvalue weighted by molar-refractivity contribution is 0.174. The van der Waals surface area contributed by atoms with Gasteiger partial charge in [0, 0.05) is 18.2 Å². The largest absolute Gasteiger partial charge is 0.454 e. The number of aliphatic imine (C=N–C) groups is 1. The lowest BCUT2D eigenvalue weighted by Crippen LogP contribution is -2.24. The molecule has 0 unspecified atom stereocenters. The monoisotopic (exact) mass is 243 g/mol. The smallest absolute Gasteiger partial charge is 0.231 e. The van der Waals surface area contributed by atoms with Crippen LogP contribution in [-0.4, -0.2) is 19.0 Å². The molecule has 18 heavy (non-hydrogen) atoms. The quantitative estimate of drug-likeness (QED) is 0.758. The molecule has 0 bridgehead atoms. The third-order valence-electron chi connectivity index (χ3n) is 4.39. The molecule has 2 aliphatic heterocycles. The van der Waals surface area contributed by atoms with Crippen LogP contribution in [0.1, 0.15) is 37.2 Å². The molecule has 1 aromatic carbocycles. The second-order valence-electron chi connectivity index (χ2n) is 5.39. The number of hydrogen-bond acceptors (Lipinski definition) is 3. The second-order valence-corrected chi connectivity index (χ2v) is 5.39. The molecule has 1 aliphatic carbocycles. The van der Waals surface area contributed by atoms with Crippen molar-refractivity contribution in [3.05, 3.63) is 23.8 Å². The number of nitrogens with zero attached hydrogens (tertiary/aromatic N) is 1. The van der Waals surface area contributed by atoms with Crippen LogP contribution in [0.4, 0.5) is 0 Å². The Balaban J connectivity index is 1.70. The van der Waals surface area contributed by atoms with E-state index in [-0.39, 0.29) is 0 Å². The zero-order valence-corrected chi connectivity index (χ0v) is 10.4. The maximum absolute atomic E-state index is 5.48. The van der Waals surface area contributed by atoms with E-state index in [1.807, 2.05) is 6.07 Å². The average Bonchev–Trinajstić information content (AvgIpc) is 3.05. The minimum absolute atomic E-state index is 0.354. The van der Waals surface area contributed by atoms with Crippen molar-refractivity contribution in [1.82, 2.24) is 0 Å². The Kier molecular flexibility index (Phi) is 2.32. The van der Waals surface area contributed by atoms with Crippen molar-refractivity contribution < 1.29 is 9.47 Å². The molecule has 3 aliphatic rings. The molecule has 1 aromatic rings. The van der Waals surface area contributed by atoms with E-state index in [1.54, 1.807) is 0 Å². The first-order valence-electron chi connectivity index (χ1n) is 6.85. The molecule has 0 amide bonds. The van der Waals surface area contributed by atoms with Crippen molar-refractivity contribution in [2.24, 2.45) is 10.9 Å². The normalized spacial score (nSPS) is 29.0. The van der Waals surface area contributed by atoms with Gasteiger partial charge in [-0.05, 0) is 42.9 Å². The minimum Gasteiger partial charge on any atom is -0.454 e. The molecule has 94 valence electrons. The molecular weight excluding hydrogens is 226 g/mol. The number of ether oxygens (including phenoxy) is 2. The summed E-state index contributed by atoms with van der Waals surface area (Å²) >= 11 is 0. The van der Waals surface area contributed by atoms with Crippen LogP contribution >= 0.6 is 0 Å². The van der Waals surface area contributed by atoms with Crippen LogP contribution in [0.5, 0.6) is 11.5 Å². The zero-order chi connectivity index (χ0) is 11.9. The molecule has 0 radical (unpaired) electrons.